The zero-order valence-corrected chi connectivity index (χ0v) is 36.9. The van der Waals surface area contributed by atoms with Crippen LogP contribution in [0, 0.1) is 0 Å². The summed E-state index contributed by atoms with van der Waals surface area (Å²) in [6.07, 6.45) is 0. The van der Waals surface area contributed by atoms with Crippen molar-refractivity contribution in [3.05, 3.63) is 249 Å². The van der Waals surface area contributed by atoms with E-state index in [-0.39, 0.29) is 0 Å². The van der Waals surface area contributed by atoms with Crippen LogP contribution in [0.1, 0.15) is 0 Å². The van der Waals surface area contributed by atoms with Gasteiger partial charge in [0.25, 0.3) is 0 Å². The number of hydrogen-bond donors (Lipinski definition) is 0. The lowest BCUT2D eigenvalue weighted by atomic mass is 9.94. The van der Waals surface area contributed by atoms with Crippen LogP contribution in [-0.2, 0) is 0 Å². The molecule has 0 spiro atoms. The third-order valence-corrected chi connectivity index (χ3v) is 13.2. The molecule has 13 aromatic rings. The van der Waals surface area contributed by atoms with Crippen molar-refractivity contribution in [2.45, 2.75) is 0 Å². The molecule has 0 unspecified atom stereocenters. The highest BCUT2D eigenvalue weighted by molar-refractivity contribution is 6.13. The fraction of sp³-hybridized carbons (Fsp3) is 0. The highest BCUT2D eigenvalue weighted by Crippen LogP contribution is 2.41. The van der Waals surface area contributed by atoms with Gasteiger partial charge < -0.3 is 9.13 Å². The Morgan fingerprint density at radius 3 is 1.12 bits per heavy atom. The molecule has 0 aliphatic rings. The number of para-hydroxylation sites is 3. The lowest BCUT2D eigenvalue weighted by Crippen LogP contribution is -2.01. The molecule has 3 heterocycles. The standard InChI is InChI=1S/C63H41N5/c1-5-18-42(19-6-1)61-64-62(43-20-7-2-8-21-43)66-63(65-61)53-30-14-13-28-51(53)48-23-17-22-44(38-48)45-32-36-59-55(40-45)56-41-47(34-37-60(56)68(59)50-26-11-4-12-27-50)46-33-35-58-54(39-46)52-29-15-16-31-57(52)67(58)49-24-9-3-10-25-49/h1-41H. The maximum Gasteiger partial charge on any atom is 0.164 e. The van der Waals surface area contributed by atoms with E-state index in [0.717, 1.165) is 55.8 Å². The van der Waals surface area contributed by atoms with Gasteiger partial charge in [0, 0.05) is 49.6 Å². The molecule has 10 aromatic carbocycles. The normalized spacial score (nSPS) is 11.5. The molecule has 3 aromatic heterocycles. The number of fused-ring (bicyclic) bond motifs is 6. The number of aromatic nitrogens is 5. The van der Waals surface area contributed by atoms with Crippen LogP contribution in [-0.4, -0.2) is 24.1 Å². The molecule has 5 heteroatoms. The summed E-state index contributed by atoms with van der Waals surface area (Å²) in [5.41, 5.74) is 16.6. The largest absolute Gasteiger partial charge is 0.309 e. The predicted octanol–water partition coefficient (Wildman–Crippen LogP) is 16.1. The summed E-state index contributed by atoms with van der Waals surface area (Å²) in [4.78, 5) is 15.2. The van der Waals surface area contributed by atoms with E-state index in [0.29, 0.717) is 17.5 Å². The minimum absolute atomic E-state index is 0.630. The maximum atomic E-state index is 5.10. The van der Waals surface area contributed by atoms with E-state index in [4.69, 9.17) is 15.0 Å². The Kier molecular flexibility index (Phi) is 9.43. The minimum atomic E-state index is 0.630. The maximum absolute atomic E-state index is 5.10. The lowest BCUT2D eigenvalue weighted by molar-refractivity contribution is 1.07. The second-order valence-corrected chi connectivity index (χ2v) is 17.2. The topological polar surface area (TPSA) is 48.5 Å². The Hall–Kier alpha value is -9.19. The predicted molar refractivity (Wildman–Crippen MR) is 281 cm³/mol. The summed E-state index contributed by atoms with van der Waals surface area (Å²) in [5.74, 6) is 1.91. The Morgan fingerprint density at radius 2 is 0.588 bits per heavy atom. The van der Waals surface area contributed by atoms with Gasteiger partial charge in [-0.25, -0.2) is 15.0 Å². The van der Waals surface area contributed by atoms with E-state index in [1.54, 1.807) is 0 Å². The summed E-state index contributed by atoms with van der Waals surface area (Å²) in [5, 5.41) is 4.88. The van der Waals surface area contributed by atoms with Gasteiger partial charge in [0.2, 0.25) is 0 Å². The lowest BCUT2D eigenvalue weighted by Gasteiger charge is -2.13. The van der Waals surface area contributed by atoms with Gasteiger partial charge >= 0.3 is 0 Å². The molecule has 0 bridgehead atoms. The molecule has 0 saturated heterocycles. The molecule has 0 amide bonds. The first-order valence-electron chi connectivity index (χ1n) is 23.0. The van der Waals surface area contributed by atoms with Gasteiger partial charge in [-0.3, -0.25) is 0 Å². The van der Waals surface area contributed by atoms with Crippen molar-refractivity contribution in [1.29, 1.82) is 0 Å². The first kappa shape index (κ1) is 39.2. The monoisotopic (exact) mass is 867 g/mol. The van der Waals surface area contributed by atoms with Gasteiger partial charge in [-0.15, -0.1) is 0 Å². The van der Waals surface area contributed by atoms with E-state index >= 15 is 0 Å². The van der Waals surface area contributed by atoms with Gasteiger partial charge in [0.05, 0.1) is 22.1 Å². The minimum Gasteiger partial charge on any atom is -0.309 e. The van der Waals surface area contributed by atoms with E-state index in [2.05, 4.69) is 197 Å². The van der Waals surface area contributed by atoms with Crippen LogP contribution in [0.5, 0.6) is 0 Å². The van der Waals surface area contributed by atoms with Crippen LogP contribution in [0.4, 0.5) is 0 Å². The van der Waals surface area contributed by atoms with Gasteiger partial charge in [-0.05, 0) is 106 Å². The Labute approximate surface area is 393 Å². The van der Waals surface area contributed by atoms with Crippen molar-refractivity contribution in [1.82, 2.24) is 24.1 Å². The Bertz CT molecular complexity index is 3950. The van der Waals surface area contributed by atoms with Crippen LogP contribution < -0.4 is 0 Å². The average Bonchev–Trinajstić information content (AvgIpc) is 3.93. The SMILES string of the molecule is c1ccc(-c2nc(-c3ccccc3)nc(-c3ccccc3-c3cccc(-c4ccc5c(c4)c4cc(-c6ccc7c(c6)c6ccccc6n7-c6ccccc6)ccc4n5-c4ccccc4)c3)n2)cc1. The third-order valence-electron chi connectivity index (χ3n) is 13.2. The second kappa shape index (κ2) is 16.4. The highest BCUT2D eigenvalue weighted by Gasteiger charge is 2.19. The van der Waals surface area contributed by atoms with Crippen LogP contribution in [0.25, 0.3) is 123 Å². The van der Waals surface area contributed by atoms with Crippen molar-refractivity contribution < 1.29 is 0 Å². The zero-order valence-electron chi connectivity index (χ0n) is 36.9. The van der Waals surface area contributed by atoms with E-state index in [1.807, 2.05) is 60.7 Å². The van der Waals surface area contributed by atoms with Gasteiger partial charge in [0.15, 0.2) is 17.5 Å². The van der Waals surface area contributed by atoms with E-state index < -0.39 is 0 Å². The number of hydrogen-bond acceptors (Lipinski definition) is 3. The molecule has 0 radical (unpaired) electrons. The Balaban J connectivity index is 0.939. The van der Waals surface area contributed by atoms with Crippen molar-refractivity contribution in [3.8, 4) is 78.9 Å². The van der Waals surface area contributed by atoms with Crippen molar-refractivity contribution in [2.75, 3.05) is 0 Å². The zero-order chi connectivity index (χ0) is 45.0. The third kappa shape index (κ3) is 6.76. The van der Waals surface area contributed by atoms with E-state index in [9.17, 15) is 0 Å². The summed E-state index contributed by atoms with van der Waals surface area (Å²) >= 11 is 0. The summed E-state index contributed by atoms with van der Waals surface area (Å²) in [6.45, 7) is 0. The summed E-state index contributed by atoms with van der Waals surface area (Å²) in [6, 6.07) is 88.4. The van der Waals surface area contributed by atoms with Gasteiger partial charge in [-0.2, -0.15) is 0 Å². The molecule has 0 atom stereocenters. The van der Waals surface area contributed by atoms with E-state index in [1.165, 1.54) is 49.2 Å². The molecule has 5 nitrogen and oxygen atoms in total. The quantitative estimate of drug-likeness (QED) is 0.153. The van der Waals surface area contributed by atoms with Crippen LogP contribution in [0.2, 0.25) is 0 Å². The molecule has 68 heavy (non-hydrogen) atoms. The summed E-state index contributed by atoms with van der Waals surface area (Å²) < 4.78 is 4.76. The molecule has 13 rings (SSSR count). The molecule has 0 N–H and O–H groups in total. The number of benzene rings is 10. The number of nitrogens with zero attached hydrogens (tertiary/aromatic N) is 5. The molecule has 0 aliphatic carbocycles. The van der Waals surface area contributed by atoms with Crippen LogP contribution >= 0.6 is 0 Å². The van der Waals surface area contributed by atoms with Crippen LogP contribution in [0.3, 0.4) is 0 Å². The Morgan fingerprint density at radius 1 is 0.221 bits per heavy atom. The van der Waals surface area contributed by atoms with Gasteiger partial charge in [0.1, 0.15) is 0 Å². The van der Waals surface area contributed by atoms with Crippen molar-refractivity contribution in [3.63, 3.8) is 0 Å². The van der Waals surface area contributed by atoms with Crippen molar-refractivity contribution >= 4 is 43.6 Å². The van der Waals surface area contributed by atoms with Crippen molar-refractivity contribution in [2.24, 2.45) is 0 Å². The first-order chi connectivity index (χ1) is 33.7. The number of rotatable bonds is 8. The van der Waals surface area contributed by atoms with Crippen LogP contribution in [0.15, 0.2) is 249 Å². The highest BCUT2D eigenvalue weighted by atomic mass is 15.0. The molecule has 0 fully saturated rings. The fourth-order valence-corrected chi connectivity index (χ4v) is 9.97. The van der Waals surface area contributed by atoms with Gasteiger partial charge in [-0.1, -0.05) is 176 Å². The molecule has 318 valence electrons. The molecular weight excluding hydrogens is 827 g/mol. The molecule has 0 aliphatic heterocycles. The smallest absolute Gasteiger partial charge is 0.164 e. The average molecular weight is 868 g/mol. The summed E-state index contributed by atoms with van der Waals surface area (Å²) in [7, 11) is 0. The fourth-order valence-electron chi connectivity index (χ4n) is 9.97. The molecule has 0 saturated carbocycles. The second-order valence-electron chi connectivity index (χ2n) is 17.2. The first-order valence-corrected chi connectivity index (χ1v) is 23.0. The molecular formula is C63H41N5.